The van der Waals surface area contributed by atoms with Crippen LogP contribution in [0.15, 0.2) is 58.9 Å². The number of aromatic nitrogens is 1. The average Bonchev–Trinajstić information content (AvgIpc) is 3.06. The number of rotatable bonds is 5. The highest BCUT2D eigenvalue weighted by molar-refractivity contribution is 7.92. The molecule has 1 aromatic heterocycles. The predicted octanol–water partition coefficient (Wildman–Crippen LogP) is 3.45. The van der Waals surface area contributed by atoms with Crippen LogP contribution in [-0.4, -0.2) is 24.5 Å². The molecule has 0 atom stereocenters. The van der Waals surface area contributed by atoms with Crippen LogP contribution in [0.1, 0.15) is 10.4 Å². The van der Waals surface area contributed by atoms with Crippen LogP contribution in [0.3, 0.4) is 0 Å². The Hall–Kier alpha value is -2.78. The second kappa shape index (κ2) is 6.61. The van der Waals surface area contributed by atoms with Crippen molar-refractivity contribution in [1.29, 1.82) is 0 Å². The minimum Gasteiger partial charge on any atom is -0.478 e. The first-order valence-electron chi connectivity index (χ1n) is 6.93. The molecule has 2 N–H and O–H groups in total. The number of anilines is 1. The third kappa shape index (κ3) is 3.83. The van der Waals surface area contributed by atoms with Gasteiger partial charge in [-0.3, -0.25) is 4.72 Å². The van der Waals surface area contributed by atoms with Gasteiger partial charge in [-0.15, -0.1) is 11.3 Å². The Morgan fingerprint density at radius 2 is 1.72 bits per heavy atom. The fourth-order valence-electron chi connectivity index (χ4n) is 2.00. The highest BCUT2D eigenvalue weighted by atomic mass is 32.2. The topological polar surface area (TPSA) is 96.4 Å². The van der Waals surface area contributed by atoms with Crippen LogP contribution in [0.2, 0.25) is 0 Å². The van der Waals surface area contributed by atoms with E-state index in [1.54, 1.807) is 0 Å². The Labute approximate surface area is 146 Å². The molecule has 0 saturated heterocycles. The van der Waals surface area contributed by atoms with Crippen molar-refractivity contribution in [2.75, 3.05) is 4.72 Å². The van der Waals surface area contributed by atoms with E-state index in [0.717, 1.165) is 11.3 Å². The standard InChI is InChI=1S/C16H11FN2O4S2/c17-12-5-1-10(2-6-12)15-18-14(9-24-15)25(22,23)19-13-7-3-11(4-8-13)16(20)21/h1-9,19H,(H,20,21). The molecular weight excluding hydrogens is 367 g/mol. The Bertz CT molecular complexity index is 1010. The van der Waals surface area contributed by atoms with Gasteiger partial charge in [0.15, 0.2) is 5.03 Å². The van der Waals surface area contributed by atoms with E-state index < -0.39 is 16.0 Å². The number of benzene rings is 2. The van der Waals surface area contributed by atoms with Gasteiger partial charge < -0.3 is 5.11 Å². The Morgan fingerprint density at radius 1 is 1.08 bits per heavy atom. The normalized spacial score (nSPS) is 11.2. The van der Waals surface area contributed by atoms with Gasteiger partial charge in [-0.2, -0.15) is 8.42 Å². The smallest absolute Gasteiger partial charge is 0.335 e. The number of nitrogens with one attached hydrogen (secondary N) is 1. The van der Waals surface area contributed by atoms with E-state index in [0.29, 0.717) is 10.6 Å². The van der Waals surface area contributed by atoms with E-state index in [-0.39, 0.29) is 22.1 Å². The number of carbonyl (C=O) groups is 1. The molecule has 128 valence electrons. The van der Waals surface area contributed by atoms with E-state index in [1.807, 2.05) is 0 Å². The molecule has 0 aliphatic rings. The minimum atomic E-state index is -3.91. The summed E-state index contributed by atoms with van der Waals surface area (Å²) >= 11 is 1.12. The van der Waals surface area contributed by atoms with E-state index >= 15 is 0 Å². The van der Waals surface area contributed by atoms with Crippen molar-refractivity contribution in [2.45, 2.75) is 5.03 Å². The minimum absolute atomic E-state index is 0.0511. The van der Waals surface area contributed by atoms with Crippen LogP contribution in [0, 0.1) is 5.82 Å². The first-order valence-corrected chi connectivity index (χ1v) is 9.29. The van der Waals surface area contributed by atoms with Crippen LogP contribution in [0.25, 0.3) is 10.6 Å². The number of hydrogen-bond donors (Lipinski definition) is 2. The van der Waals surface area contributed by atoms with Crippen molar-refractivity contribution < 1.29 is 22.7 Å². The summed E-state index contributed by atoms with van der Waals surface area (Å²) in [4.78, 5) is 14.9. The summed E-state index contributed by atoms with van der Waals surface area (Å²) in [5.74, 6) is -1.49. The Morgan fingerprint density at radius 3 is 2.32 bits per heavy atom. The van der Waals surface area contributed by atoms with Gasteiger partial charge in [-0.25, -0.2) is 14.2 Å². The van der Waals surface area contributed by atoms with E-state index in [2.05, 4.69) is 9.71 Å². The molecule has 0 saturated carbocycles. The second-order valence-corrected chi connectivity index (χ2v) is 7.47. The predicted molar refractivity (Wildman–Crippen MR) is 91.7 cm³/mol. The van der Waals surface area contributed by atoms with Crippen LogP contribution in [0.4, 0.5) is 10.1 Å². The summed E-state index contributed by atoms with van der Waals surface area (Å²) in [7, 11) is -3.91. The molecular formula is C16H11FN2O4S2. The highest BCUT2D eigenvalue weighted by Crippen LogP contribution is 2.26. The van der Waals surface area contributed by atoms with Gasteiger partial charge in [0, 0.05) is 16.6 Å². The van der Waals surface area contributed by atoms with Crippen molar-refractivity contribution in [3.8, 4) is 10.6 Å². The van der Waals surface area contributed by atoms with Crippen molar-refractivity contribution >= 4 is 33.0 Å². The van der Waals surface area contributed by atoms with Crippen LogP contribution < -0.4 is 4.72 Å². The highest BCUT2D eigenvalue weighted by Gasteiger charge is 2.19. The molecule has 9 heteroatoms. The molecule has 6 nitrogen and oxygen atoms in total. The van der Waals surface area contributed by atoms with Crippen LogP contribution in [0.5, 0.6) is 0 Å². The molecule has 3 aromatic rings. The fraction of sp³-hybridized carbons (Fsp3) is 0. The number of thiazole rings is 1. The number of carboxylic acids is 1. The van der Waals surface area contributed by atoms with Gasteiger partial charge in [0.2, 0.25) is 0 Å². The van der Waals surface area contributed by atoms with E-state index in [9.17, 15) is 17.6 Å². The molecule has 0 aliphatic heterocycles. The lowest BCUT2D eigenvalue weighted by Gasteiger charge is -2.06. The van der Waals surface area contributed by atoms with Crippen molar-refractivity contribution in [3.63, 3.8) is 0 Å². The van der Waals surface area contributed by atoms with E-state index in [4.69, 9.17) is 5.11 Å². The largest absolute Gasteiger partial charge is 0.478 e. The summed E-state index contributed by atoms with van der Waals surface area (Å²) in [6, 6.07) is 10.9. The number of sulfonamides is 1. The fourth-order valence-corrected chi connectivity index (χ4v) is 4.16. The Balaban J connectivity index is 1.83. The van der Waals surface area contributed by atoms with Crippen LogP contribution >= 0.6 is 11.3 Å². The van der Waals surface area contributed by atoms with E-state index in [1.165, 1.54) is 53.9 Å². The summed E-state index contributed by atoms with van der Waals surface area (Å²) in [6.45, 7) is 0. The maximum atomic E-state index is 13.0. The molecule has 0 fully saturated rings. The number of aromatic carboxylic acids is 1. The quantitative estimate of drug-likeness (QED) is 0.709. The molecule has 2 aromatic carbocycles. The van der Waals surface area contributed by atoms with Crippen molar-refractivity contribution in [1.82, 2.24) is 4.98 Å². The van der Waals surface area contributed by atoms with Gasteiger partial charge >= 0.3 is 5.97 Å². The molecule has 0 unspecified atom stereocenters. The SMILES string of the molecule is O=C(O)c1ccc(NS(=O)(=O)c2csc(-c3ccc(F)cc3)n2)cc1. The third-order valence-electron chi connectivity index (χ3n) is 3.23. The first kappa shape index (κ1) is 17.1. The molecule has 0 aliphatic carbocycles. The zero-order valence-corrected chi connectivity index (χ0v) is 14.1. The summed E-state index contributed by atoms with van der Waals surface area (Å²) in [5.41, 5.74) is 0.884. The summed E-state index contributed by atoms with van der Waals surface area (Å²) < 4.78 is 40.0. The third-order valence-corrected chi connectivity index (χ3v) is 5.54. The molecule has 1 heterocycles. The molecule has 0 radical (unpaired) electrons. The van der Waals surface area contributed by atoms with Crippen molar-refractivity contribution in [3.05, 3.63) is 65.3 Å². The molecule has 0 spiro atoms. The summed E-state index contributed by atoms with van der Waals surface area (Å²) in [5, 5.41) is 10.5. The van der Waals surface area contributed by atoms with Gasteiger partial charge in [0.25, 0.3) is 10.0 Å². The number of nitrogens with zero attached hydrogens (tertiary/aromatic N) is 1. The van der Waals surface area contributed by atoms with Gasteiger partial charge in [0.1, 0.15) is 10.8 Å². The average molecular weight is 378 g/mol. The van der Waals surface area contributed by atoms with Gasteiger partial charge in [-0.1, -0.05) is 0 Å². The lowest BCUT2D eigenvalue weighted by atomic mass is 10.2. The summed E-state index contributed by atoms with van der Waals surface area (Å²) in [6.07, 6.45) is 0. The van der Waals surface area contributed by atoms with Gasteiger partial charge in [0.05, 0.1) is 5.56 Å². The second-order valence-electron chi connectivity index (χ2n) is 4.99. The maximum Gasteiger partial charge on any atom is 0.335 e. The number of hydrogen-bond acceptors (Lipinski definition) is 5. The Kier molecular flexibility index (Phi) is 4.51. The molecule has 0 amide bonds. The first-order chi connectivity index (χ1) is 11.8. The zero-order valence-electron chi connectivity index (χ0n) is 12.5. The zero-order chi connectivity index (χ0) is 18.0. The van der Waals surface area contributed by atoms with Crippen molar-refractivity contribution in [2.24, 2.45) is 0 Å². The van der Waals surface area contributed by atoms with Gasteiger partial charge in [-0.05, 0) is 48.5 Å². The number of halogens is 1. The molecule has 25 heavy (non-hydrogen) atoms. The lowest BCUT2D eigenvalue weighted by Crippen LogP contribution is -2.13. The monoisotopic (exact) mass is 378 g/mol. The maximum absolute atomic E-state index is 13.0. The lowest BCUT2D eigenvalue weighted by molar-refractivity contribution is 0.0697. The molecule has 3 rings (SSSR count). The number of carboxylic acid groups (broad SMARTS) is 1. The van der Waals surface area contributed by atoms with Crippen LogP contribution in [-0.2, 0) is 10.0 Å². The molecule has 0 bridgehead atoms.